The zero-order valence-electron chi connectivity index (χ0n) is 18.1. The van der Waals surface area contributed by atoms with Gasteiger partial charge in [-0.1, -0.05) is 58.8 Å². The number of unbranched alkanes of at least 4 members (excludes halogenated alkanes) is 2. The van der Waals surface area contributed by atoms with Crippen molar-refractivity contribution in [2.75, 3.05) is 0 Å². The van der Waals surface area contributed by atoms with Gasteiger partial charge in [-0.2, -0.15) is 0 Å². The Bertz CT molecular complexity index is 438. The Morgan fingerprint density at radius 2 is 1.44 bits per heavy atom. The van der Waals surface area contributed by atoms with Gasteiger partial charge in [0.05, 0.1) is 5.92 Å². The monoisotopic (exact) mass is 376 g/mol. The number of carbonyl (C=O) groups is 1. The number of rotatable bonds is 8. The second-order valence-electron chi connectivity index (χ2n) is 10.1. The van der Waals surface area contributed by atoms with Gasteiger partial charge in [-0.3, -0.25) is 4.79 Å². The fourth-order valence-electron chi connectivity index (χ4n) is 6.35. The topological polar surface area (TPSA) is 26.3 Å². The first kappa shape index (κ1) is 21.2. The molecule has 3 rings (SSSR count). The molecule has 2 heteroatoms. The van der Waals surface area contributed by atoms with Gasteiger partial charge in [0.25, 0.3) is 0 Å². The lowest BCUT2D eigenvalue weighted by Crippen LogP contribution is -2.36. The summed E-state index contributed by atoms with van der Waals surface area (Å²) in [6.45, 7) is 4.58. The third-order valence-corrected chi connectivity index (χ3v) is 8.04. The number of hydrogen-bond acceptors (Lipinski definition) is 2. The van der Waals surface area contributed by atoms with Gasteiger partial charge in [0.15, 0.2) is 0 Å². The molecule has 156 valence electrons. The van der Waals surface area contributed by atoms with E-state index < -0.39 is 0 Å². The first-order valence-corrected chi connectivity index (χ1v) is 12.4. The number of ether oxygens (including phenoxy) is 1. The summed E-state index contributed by atoms with van der Waals surface area (Å²) in [5, 5.41) is 0. The van der Waals surface area contributed by atoms with Gasteiger partial charge in [-0.05, 0) is 81.5 Å². The lowest BCUT2D eigenvalue weighted by Gasteiger charge is -2.42. The molecule has 0 bridgehead atoms. The van der Waals surface area contributed by atoms with Gasteiger partial charge < -0.3 is 4.74 Å². The molecule has 2 nitrogen and oxygen atoms in total. The molecule has 4 unspecified atom stereocenters. The van der Waals surface area contributed by atoms with Crippen molar-refractivity contribution in [3.05, 3.63) is 0 Å². The van der Waals surface area contributed by atoms with Crippen LogP contribution < -0.4 is 0 Å². The molecule has 0 radical (unpaired) electrons. The van der Waals surface area contributed by atoms with Crippen LogP contribution in [0.1, 0.15) is 117 Å². The van der Waals surface area contributed by atoms with E-state index in [1.807, 2.05) is 0 Å². The summed E-state index contributed by atoms with van der Waals surface area (Å²) in [5.74, 6) is 3.92. The largest absolute Gasteiger partial charge is 0.462 e. The van der Waals surface area contributed by atoms with Gasteiger partial charge in [0, 0.05) is 0 Å². The maximum absolute atomic E-state index is 12.8. The Morgan fingerprint density at radius 1 is 0.741 bits per heavy atom. The molecule has 0 amide bonds. The van der Waals surface area contributed by atoms with Crippen LogP contribution in [0.25, 0.3) is 0 Å². The van der Waals surface area contributed by atoms with E-state index in [2.05, 4.69) is 13.8 Å². The standard InChI is InChI=1S/C25H44O2/c1-3-5-6-8-20-9-12-22-18-23(14-13-21(22)17-20)25(26)27-24-15-10-19(7-4-2)11-16-24/h19-24H,3-18H2,1-2H3. The van der Waals surface area contributed by atoms with Crippen LogP contribution in [-0.4, -0.2) is 12.1 Å². The number of carbonyl (C=O) groups excluding carboxylic acids is 1. The summed E-state index contributed by atoms with van der Waals surface area (Å²) in [7, 11) is 0. The normalized spacial score (nSPS) is 36.8. The third-order valence-electron chi connectivity index (χ3n) is 8.04. The summed E-state index contributed by atoms with van der Waals surface area (Å²) in [6, 6.07) is 0. The molecular formula is C25H44O2. The number of esters is 1. The number of fused-ring (bicyclic) bond motifs is 1. The predicted octanol–water partition coefficient (Wildman–Crippen LogP) is 7.30. The lowest BCUT2D eigenvalue weighted by molar-refractivity contribution is -0.158. The first-order chi connectivity index (χ1) is 13.2. The van der Waals surface area contributed by atoms with Crippen molar-refractivity contribution < 1.29 is 9.53 Å². The molecule has 3 aliphatic carbocycles. The van der Waals surface area contributed by atoms with E-state index in [0.717, 1.165) is 49.4 Å². The van der Waals surface area contributed by atoms with E-state index in [-0.39, 0.29) is 18.0 Å². The SMILES string of the molecule is CCCCCC1CCC2CC(C(=O)OC3CCC(CCC)CC3)CCC2C1. The van der Waals surface area contributed by atoms with Crippen LogP contribution in [0.2, 0.25) is 0 Å². The highest BCUT2D eigenvalue weighted by molar-refractivity contribution is 5.72. The molecule has 3 fully saturated rings. The van der Waals surface area contributed by atoms with Gasteiger partial charge in [-0.15, -0.1) is 0 Å². The van der Waals surface area contributed by atoms with Crippen molar-refractivity contribution in [2.24, 2.45) is 29.6 Å². The fourth-order valence-corrected chi connectivity index (χ4v) is 6.35. The molecular weight excluding hydrogens is 332 g/mol. The van der Waals surface area contributed by atoms with Crippen molar-refractivity contribution in [3.63, 3.8) is 0 Å². The molecule has 27 heavy (non-hydrogen) atoms. The molecule has 0 aromatic rings. The fraction of sp³-hybridized carbons (Fsp3) is 0.960. The minimum Gasteiger partial charge on any atom is -0.462 e. The van der Waals surface area contributed by atoms with Crippen LogP contribution in [0.4, 0.5) is 0 Å². The molecule has 0 aliphatic heterocycles. The quantitative estimate of drug-likeness (QED) is 0.328. The Labute approximate surface area is 168 Å². The van der Waals surface area contributed by atoms with E-state index in [0.29, 0.717) is 0 Å². The highest BCUT2D eigenvalue weighted by Crippen LogP contribution is 2.46. The summed E-state index contributed by atoms with van der Waals surface area (Å²) < 4.78 is 5.98. The minimum atomic E-state index is 0.150. The predicted molar refractivity (Wildman–Crippen MR) is 113 cm³/mol. The Kier molecular flexibility index (Phi) is 8.52. The third kappa shape index (κ3) is 6.23. The van der Waals surface area contributed by atoms with Crippen LogP contribution in [-0.2, 0) is 9.53 Å². The van der Waals surface area contributed by atoms with E-state index >= 15 is 0 Å². The van der Waals surface area contributed by atoms with Crippen molar-refractivity contribution in [2.45, 2.75) is 123 Å². The summed E-state index contributed by atoms with van der Waals surface area (Å²) in [4.78, 5) is 12.8. The average molecular weight is 377 g/mol. The van der Waals surface area contributed by atoms with Crippen LogP contribution in [0.3, 0.4) is 0 Å². The summed E-state index contributed by atoms with van der Waals surface area (Å²) in [6.07, 6.45) is 20.9. The molecule has 0 saturated heterocycles. The van der Waals surface area contributed by atoms with Crippen LogP contribution in [0.15, 0.2) is 0 Å². The summed E-state index contributed by atoms with van der Waals surface area (Å²) in [5.41, 5.74) is 0. The van der Waals surface area contributed by atoms with Crippen LogP contribution >= 0.6 is 0 Å². The zero-order chi connectivity index (χ0) is 19.1. The van der Waals surface area contributed by atoms with E-state index in [1.165, 1.54) is 77.0 Å². The van der Waals surface area contributed by atoms with Gasteiger partial charge in [0.2, 0.25) is 0 Å². The smallest absolute Gasteiger partial charge is 0.309 e. The average Bonchev–Trinajstić information content (AvgIpc) is 2.69. The summed E-state index contributed by atoms with van der Waals surface area (Å²) >= 11 is 0. The van der Waals surface area contributed by atoms with Gasteiger partial charge in [-0.25, -0.2) is 0 Å². The lowest BCUT2D eigenvalue weighted by atomic mass is 9.64. The maximum Gasteiger partial charge on any atom is 0.309 e. The van der Waals surface area contributed by atoms with E-state index in [1.54, 1.807) is 0 Å². The van der Waals surface area contributed by atoms with E-state index in [9.17, 15) is 4.79 Å². The first-order valence-electron chi connectivity index (χ1n) is 12.4. The molecule has 0 spiro atoms. The van der Waals surface area contributed by atoms with E-state index in [4.69, 9.17) is 4.74 Å². The second kappa shape index (κ2) is 10.9. The molecule has 4 atom stereocenters. The van der Waals surface area contributed by atoms with Crippen molar-refractivity contribution in [1.82, 2.24) is 0 Å². The molecule has 0 aromatic carbocycles. The second-order valence-corrected chi connectivity index (χ2v) is 10.1. The molecule has 0 aromatic heterocycles. The molecule has 3 aliphatic rings. The van der Waals surface area contributed by atoms with Gasteiger partial charge >= 0.3 is 5.97 Å². The molecule has 0 heterocycles. The van der Waals surface area contributed by atoms with Crippen LogP contribution in [0.5, 0.6) is 0 Å². The molecule has 0 N–H and O–H groups in total. The minimum absolute atomic E-state index is 0.150. The maximum atomic E-state index is 12.8. The molecule has 3 saturated carbocycles. The van der Waals surface area contributed by atoms with Crippen molar-refractivity contribution >= 4 is 5.97 Å². The Morgan fingerprint density at radius 3 is 2.19 bits per heavy atom. The Balaban J connectivity index is 1.38. The van der Waals surface area contributed by atoms with Crippen molar-refractivity contribution in [1.29, 1.82) is 0 Å². The zero-order valence-corrected chi connectivity index (χ0v) is 18.1. The van der Waals surface area contributed by atoms with Gasteiger partial charge in [0.1, 0.15) is 6.10 Å². The highest BCUT2D eigenvalue weighted by Gasteiger charge is 2.38. The highest BCUT2D eigenvalue weighted by atomic mass is 16.5. The van der Waals surface area contributed by atoms with Crippen LogP contribution in [0, 0.1) is 29.6 Å². The number of hydrogen-bond donors (Lipinski definition) is 0. The van der Waals surface area contributed by atoms with Crippen molar-refractivity contribution in [3.8, 4) is 0 Å². The Hall–Kier alpha value is -0.530.